The molecular weight excluding hydrogens is 855 g/mol. The summed E-state index contributed by atoms with van der Waals surface area (Å²) in [6.45, 7) is 3.57. The SMILES string of the molecule is COc1cc(-c2cn(C)c(=O)c3cnc(N(C)C)cc23)cc(OC)c1CN1CCC2(CC1)CN(C(=O)CCCCOc1cccc3c1C(=O)N(C1CCC(=O)NC1=O)C3=O)CCO2.O=CO. The van der Waals surface area contributed by atoms with Crippen LogP contribution in [0.4, 0.5) is 5.82 Å². The van der Waals surface area contributed by atoms with Gasteiger partial charge >= 0.3 is 0 Å². The fourth-order valence-corrected chi connectivity index (χ4v) is 9.14. The molecule has 3 fully saturated rings. The molecule has 3 saturated heterocycles. The maximum absolute atomic E-state index is 13.5. The number of ether oxygens (including phenoxy) is 4. The Kier molecular flexibility index (Phi) is 14.4. The Labute approximate surface area is 381 Å². The van der Waals surface area contributed by atoms with Gasteiger partial charge in [0.25, 0.3) is 23.8 Å². The zero-order valence-electron chi connectivity index (χ0n) is 37.8. The number of pyridine rings is 2. The predicted molar refractivity (Wildman–Crippen MR) is 241 cm³/mol. The number of nitrogens with one attached hydrogen (secondary N) is 1. The van der Waals surface area contributed by atoms with Gasteiger partial charge in [-0.2, -0.15) is 0 Å². The number of imide groups is 2. The van der Waals surface area contributed by atoms with Gasteiger partial charge in [-0.15, -0.1) is 0 Å². The van der Waals surface area contributed by atoms with E-state index in [0.717, 1.165) is 58.7 Å². The van der Waals surface area contributed by atoms with Gasteiger partial charge in [-0.25, -0.2) is 4.98 Å². The van der Waals surface area contributed by atoms with Crippen LogP contribution < -0.4 is 30.0 Å². The summed E-state index contributed by atoms with van der Waals surface area (Å²) in [6, 6.07) is 9.62. The van der Waals surface area contributed by atoms with Crippen molar-refractivity contribution in [1.82, 2.24) is 29.6 Å². The van der Waals surface area contributed by atoms with Gasteiger partial charge in [-0.05, 0) is 68.0 Å². The summed E-state index contributed by atoms with van der Waals surface area (Å²) in [5.74, 6) is 0.0739. The summed E-state index contributed by atoms with van der Waals surface area (Å²) in [4.78, 5) is 97.2. The number of piperidine rings is 2. The normalized spacial score (nSPS) is 18.1. The number of anilines is 1. The maximum Gasteiger partial charge on any atom is 0.290 e. The van der Waals surface area contributed by atoms with Gasteiger partial charge in [0, 0.05) is 90.1 Å². The first-order chi connectivity index (χ1) is 31.7. The number of carbonyl (C=O) groups is 6. The Morgan fingerprint density at radius 2 is 1.68 bits per heavy atom. The van der Waals surface area contributed by atoms with Crippen molar-refractivity contribution in [2.75, 3.05) is 72.6 Å². The molecule has 66 heavy (non-hydrogen) atoms. The van der Waals surface area contributed by atoms with Crippen molar-refractivity contribution >= 4 is 52.6 Å². The number of methoxy groups -OCH3 is 2. The van der Waals surface area contributed by atoms with E-state index in [2.05, 4.69) is 15.2 Å². The number of unbranched alkanes of at least 4 members (excludes halogenated alkanes) is 1. The molecule has 2 aromatic carbocycles. The van der Waals surface area contributed by atoms with Gasteiger partial charge in [0.1, 0.15) is 29.1 Å². The van der Waals surface area contributed by atoms with E-state index in [-0.39, 0.29) is 54.3 Å². The minimum Gasteiger partial charge on any atom is -0.496 e. The Morgan fingerprint density at radius 1 is 0.970 bits per heavy atom. The molecule has 4 aliphatic rings. The van der Waals surface area contributed by atoms with E-state index in [1.54, 1.807) is 44.2 Å². The average Bonchev–Trinajstić information content (AvgIpc) is 3.56. The van der Waals surface area contributed by atoms with Crippen molar-refractivity contribution in [3.63, 3.8) is 0 Å². The van der Waals surface area contributed by atoms with Crippen LogP contribution in [0.2, 0.25) is 0 Å². The van der Waals surface area contributed by atoms with Crippen molar-refractivity contribution in [3.8, 4) is 28.4 Å². The van der Waals surface area contributed by atoms with Crippen molar-refractivity contribution in [3.05, 3.63) is 75.8 Å². The average molecular weight is 910 g/mol. The van der Waals surface area contributed by atoms with E-state index in [9.17, 15) is 28.8 Å². The summed E-state index contributed by atoms with van der Waals surface area (Å²) in [7, 11) is 8.85. The van der Waals surface area contributed by atoms with Gasteiger partial charge < -0.3 is 38.4 Å². The van der Waals surface area contributed by atoms with Crippen LogP contribution in [0.1, 0.15) is 71.2 Å². The molecule has 19 heteroatoms. The Bertz CT molecular complexity index is 2580. The van der Waals surface area contributed by atoms with Crippen LogP contribution >= 0.6 is 0 Å². The van der Waals surface area contributed by atoms with E-state index < -0.39 is 35.3 Å². The smallest absolute Gasteiger partial charge is 0.290 e. The minimum absolute atomic E-state index is 0.0383. The van der Waals surface area contributed by atoms with Crippen molar-refractivity contribution in [2.24, 2.45) is 7.05 Å². The third-order valence-corrected chi connectivity index (χ3v) is 12.7. The number of carboxylic acid groups (broad SMARTS) is 1. The summed E-state index contributed by atoms with van der Waals surface area (Å²) < 4.78 is 25.9. The van der Waals surface area contributed by atoms with E-state index >= 15 is 0 Å². The van der Waals surface area contributed by atoms with Gasteiger partial charge in [0.2, 0.25) is 17.7 Å². The molecule has 5 amide bonds. The highest BCUT2D eigenvalue weighted by Gasteiger charge is 2.46. The summed E-state index contributed by atoms with van der Waals surface area (Å²) in [5, 5.41) is 10.4. The van der Waals surface area contributed by atoms with Crippen molar-refractivity contribution < 1.29 is 52.8 Å². The first-order valence-electron chi connectivity index (χ1n) is 21.8. The highest BCUT2D eigenvalue weighted by Crippen LogP contribution is 2.40. The lowest BCUT2D eigenvalue weighted by Crippen LogP contribution is -2.57. The molecule has 1 unspecified atom stereocenters. The van der Waals surface area contributed by atoms with E-state index in [0.29, 0.717) is 62.4 Å². The molecule has 1 atom stereocenters. The number of amides is 5. The van der Waals surface area contributed by atoms with E-state index in [1.807, 2.05) is 48.3 Å². The first-order valence-corrected chi connectivity index (χ1v) is 21.8. The molecule has 4 aliphatic heterocycles. The third-order valence-electron chi connectivity index (χ3n) is 12.7. The van der Waals surface area contributed by atoms with Gasteiger partial charge in [0.05, 0.1) is 55.1 Å². The van der Waals surface area contributed by atoms with Crippen molar-refractivity contribution in [1.29, 1.82) is 0 Å². The largest absolute Gasteiger partial charge is 0.496 e. The molecule has 8 rings (SSSR count). The lowest BCUT2D eigenvalue weighted by molar-refractivity contribution is -0.159. The quantitative estimate of drug-likeness (QED) is 0.112. The van der Waals surface area contributed by atoms with Crippen LogP contribution in [0.15, 0.2) is 53.6 Å². The van der Waals surface area contributed by atoms with Crippen LogP contribution in [-0.4, -0.2) is 145 Å². The molecule has 0 saturated carbocycles. The van der Waals surface area contributed by atoms with Crippen LogP contribution in [0.5, 0.6) is 17.2 Å². The zero-order chi connectivity index (χ0) is 47.3. The van der Waals surface area contributed by atoms with Crippen LogP contribution in [0.25, 0.3) is 21.9 Å². The summed E-state index contributed by atoms with van der Waals surface area (Å²) in [5.41, 5.74) is 2.32. The lowest BCUT2D eigenvalue weighted by Gasteiger charge is -2.47. The molecule has 0 radical (unpaired) electrons. The lowest BCUT2D eigenvalue weighted by atomic mass is 9.88. The zero-order valence-corrected chi connectivity index (χ0v) is 37.8. The molecule has 2 N–H and O–H groups in total. The summed E-state index contributed by atoms with van der Waals surface area (Å²) >= 11 is 0. The highest BCUT2D eigenvalue weighted by molar-refractivity contribution is 6.24. The number of benzene rings is 2. The fraction of sp³-hybridized carbons (Fsp3) is 0.447. The number of fused-ring (bicyclic) bond motifs is 2. The number of likely N-dealkylation sites (tertiary alicyclic amines) is 1. The van der Waals surface area contributed by atoms with Gasteiger partial charge in [0.15, 0.2) is 0 Å². The van der Waals surface area contributed by atoms with Crippen LogP contribution in [0.3, 0.4) is 0 Å². The number of nitrogens with zero attached hydrogens (tertiary/aromatic N) is 6. The highest BCUT2D eigenvalue weighted by atomic mass is 16.5. The van der Waals surface area contributed by atoms with Gasteiger partial charge in [-0.3, -0.25) is 48.7 Å². The molecule has 2 aromatic heterocycles. The third kappa shape index (κ3) is 9.58. The molecule has 6 heterocycles. The first kappa shape index (κ1) is 47.1. The summed E-state index contributed by atoms with van der Waals surface area (Å²) in [6.07, 6.45) is 6.52. The molecule has 4 aromatic rings. The minimum atomic E-state index is -1.06. The number of aryl methyl sites for hydroxylation is 1. The van der Waals surface area contributed by atoms with Crippen molar-refractivity contribution in [2.45, 2.75) is 63.1 Å². The number of rotatable bonds is 13. The Balaban J connectivity index is 0.00000210. The monoisotopic (exact) mass is 909 g/mol. The number of hydrogen-bond acceptors (Lipinski definition) is 14. The number of carbonyl (C=O) groups excluding carboxylic acids is 5. The molecule has 19 nitrogen and oxygen atoms in total. The topological polar surface area (TPSA) is 219 Å². The van der Waals surface area contributed by atoms with E-state index in [4.69, 9.17) is 28.8 Å². The molecular formula is C47H55N7O12. The van der Waals surface area contributed by atoms with Crippen LogP contribution in [-0.2, 0) is 37.5 Å². The fourth-order valence-electron chi connectivity index (χ4n) is 9.14. The Morgan fingerprint density at radius 3 is 2.35 bits per heavy atom. The van der Waals surface area contributed by atoms with Crippen LogP contribution in [0, 0.1) is 0 Å². The molecule has 1 spiro atoms. The second kappa shape index (κ2) is 20.1. The van der Waals surface area contributed by atoms with Gasteiger partial charge in [-0.1, -0.05) is 6.07 Å². The Hall–Kier alpha value is -6.86. The number of aromatic nitrogens is 2. The number of morpholine rings is 1. The molecule has 350 valence electrons. The van der Waals surface area contributed by atoms with E-state index in [1.165, 1.54) is 6.07 Å². The maximum atomic E-state index is 13.5. The second-order valence-electron chi connectivity index (χ2n) is 17.0. The molecule has 0 bridgehead atoms. The number of hydrogen-bond donors (Lipinski definition) is 2. The molecule has 0 aliphatic carbocycles. The standard InChI is InChI=1S/C46H53N7O10.CH2O2/c1-49(2)38-23-30-31(24-47-38)43(57)50(3)25-32(30)28-21-36(60-4)33(37(22-28)61-5)26-51-16-14-46(15-17-51)27-52(18-20-63-46)40(55)11-6-7-19-62-35-10-8-9-29-41(35)45(59)53(44(29)58)34-12-13-39(54)48-42(34)56;2-1-3/h8-10,21-25,34H,6-7,11-20,26-27H2,1-5H3,(H,48,54,56);1H,(H,2,3). The second-order valence-corrected chi connectivity index (χ2v) is 17.0. The predicted octanol–water partition coefficient (Wildman–Crippen LogP) is 3.23.